The van der Waals surface area contributed by atoms with Crippen LogP contribution in [0.25, 0.3) is 33.1 Å². The normalized spacial score (nSPS) is 12.4. The topological polar surface area (TPSA) is 125 Å². The SMILES string of the molecule is CS(=O)(=O)c1ccccc1S(=O)(=O)Nc1ccc2[nH]nc(-c3ccc4[nH]ccc4c3)c2c1. The first-order chi connectivity index (χ1) is 15.2. The minimum absolute atomic E-state index is 0.252. The van der Waals surface area contributed by atoms with Crippen molar-refractivity contribution in [3.63, 3.8) is 0 Å². The highest BCUT2D eigenvalue weighted by molar-refractivity contribution is 7.95. The number of benzene rings is 3. The summed E-state index contributed by atoms with van der Waals surface area (Å²) in [7, 11) is -7.87. The number of sulfone groups is 1. The van der Waals surface area contributed by atoms with Crippen LogP contribution in [0, 0.1) is 0 Å². The molecular formula is C22H18N4O4S2. The van der Waals surface area contributed by atoms with Gasteiger partial charge in [0.2, 0.25) is 0 Å². The number of aromatic nitrogens is 3. The maximum atomic E-state index is 13.0. The van der Waals surface area contributed by atoms with Gasteiger partial charge in [-0.05, 0) is 48.5 Å². The van der Waals surface area contributed by atoms with Gasteiger partial charge in [-0.25, -0.2) is 16.8 Å². The summed E-state index contributed by atoms with van der Waals surface area (Å²) in [5, 5.41) is 9.14. The molecule has 0 spiro atoms. The number of H-pyrrole nitrogens is 2. The van der Waals surface area contributed by atoms with Gasteiger partial charge < -0.3 is 4.98 Å². The fourth-order valence-electron chi connectivity index (χ4n) is 3.69. The summed E-state index contributed by atoms with van der Waals surface area (Å²) < 4.78 is 52.6. The van der Waals surface area contributed by atoms with Gasteiger partial charge in [0.05, 0.1) is 16.1 Å². The predicted octanol–water partition coefficient (Wildman–Crippen LogP) is 3.92. The fraction of sp³-hybridized carbons (Fsp3) is 0.0455. The second kappa shape index (κ2) is 7.21. The van der Waals surface area contributed by atoms with Gasteiger partial charge in [-0.2, -0.15) is 5.10 Å². The van der Waals surface area contributed by atoms with Crippen molar-refractivity contribution in [2.75, 3.05) is 11.0 Å². The summed E-state index contributed by atoms with van der Waals surface area (Å²) in [6, 6.07) is 18.4. The molecule has 0 aliphatic carbocycles. The van der Waals surface area contributed by atoms with E-state index < -0.39 is 19.9 Å². The third-order valence-electron chi connectivity index (χ3n) is 5.18. The van der Waals surface area contributed by atoms with Gasteiger partial charge in [-0.1, -0.05) is 18.2 Å². The van der Waals surface area contributed by atoms with Crippen LogP contribution in [0.5, 0.6) is 0 Å². The molecule has 0 bridgehead atoms. The smallest absolute Gasteiger partial charge is 0.263 e. The summed E-state index contributed by atoms with van der Waals surface area (Å²) >= 11 is 0. The average molecular weight is 467 g/mol. The van der Waals surface area contributed by atoms with Crippen molar-refractivity contribution >= 4 is 47.4 Å². The number of nitrogens with zero attached hydrogens (tertiary/aromatic N) is 1. The maximum absolute atomic E-state index is 13.0. The standard InChI is InChI=1S/C22H18N4O4S2/c1-31(27,28)20-4-2-3-5-21(20)32(29,30)26-16-7-9-19-17(13-16)22(25-24-19)15-6-8-18-14(12-15)10-11-23-18/h2-13,23,26H,1H3,(H,24,25). The van der Waals surface area contributed by atoms with Gasteiger partial charge in [-0.3, -0.25) is 9.82 Å². The Bertz CT molecular complexity index is 1700. The fourth-order valence-corrected chi connectivity index (χ4v) is 6.37. The molecular weight excluding hydrogens is 448 g/mol. The third kappa shape index (κ3) is 3.53. The Morgan fingerprint density at radius 1 is 0.844 bits per heavy atom. The molecule has 5 rings (SSSR count). The monoisotopic (exact) mass is 466 g/mol. The molecule has 32 heavy (non-hydrogen) atoms. The summed E-state index contributed by atoms with van der Waals surface area (Å²) in [5.74, 6) is 0. The molecule has 2 aromatic heterocycles. The highest BCUT2D eigenvalue weighted by Gasteiger charge is 2.24. The van der Waals surface area contributed by atoms with Crippen molar-refractivity contribution in [2.45, 2.75) is 9.79 Å². The number of nitrogens with one attached hydrogen (secondary N) is 3. The Labute approximate surface area is 184 Å². The number of hydrogen-bond donors (Lipinski definition) is 3. The van der Waals surface area contributed by atoms with E-state index in [1.54, 1.807) is 18.2 Å². The molecule has 3 N–H and O–H groups in total. The first-order valence-electron chi connectivity index (χ1n) is 9.60. The van der Waals surface area contributed by atoms with E-state index in [1.807, 2.05) is 30.5 Å². The highest BCUT2D eigenvalue weighted by Crippen LogP contribution is 2.31. The van der Waals surface area contributed by atoms with Crippen LogP contribution < -0.4 is 4.72 Å². The first kappa shape index (κ1) is 20.3. The summed E-state index contributed by atoms with van der Waals surface area (Å²) in [6.45, 7) is 0. The third-order valence-corrected chi connectivity index (χ3v) is 7.90. The van der Waals surface area contributed by atoms with Gasteiger partial charge in [0, 0.05) is 40.0 Å². The molecule has 0 unspecified atom stereocenters. The quantitative estimate of drug-likeness (QED) is 0.362. The van der Waals surface area contributed by atoms with Gasteiger partial charge in [-0.15, -0.1) is 0 Å². The van der Waals surface area contributed by atoms with E-state index in [0.717, 1.165) is 33.6 Å². The van der Waals surface area contributed by atoms with Crippen LogP contribution in [0.3, 0.4) is 0 Å². The van der Waals surface area contributed by atoms with Crippen LogP contribution in [0.2, 0.25) is 0 Å². The number of sulfonamides is 1. The van der Waals surface area contributed by atoms with Crippen molar-refractivity contribution in [1.29, 1.82) is 0 Å². The molecule has 0 fully saturated rings. The molecule has 0 atom stereocenters. The molecule has 0 saturated carbocycles. The van der Waals surface area contributed by atoms with Crippen LogP contribution in [0.15, 0.2) is 82.7 Å². The molecule has 0 radical (unpaired) electrons. The van der Waals surface area contributed by atoms with Crippen molar-refractivity contribution in [3.05, 3.63) is 72.9 Å². The van der Waals surface area contributed by atoms with Crippen molar-refractivity contribution in [1.82, 2.24) is 15.2 Å². The van der Waals surface area contributed by atoms with Crippen LogP contribution in [0.1, 0.15) is 0 Å². The van der Waals surface area contributed by atoms with Crippen molar-refractivity contribution < 1.29 is 16.8 Å². The Hall–Kier alpha value is -3.63. The van der Waals surface area contributed by atoms with Crippen LogP contribution >= 0.6 is 0 Å². The molecule has 8 nitrogen and oxygen atoms in total. The summed E-state index contributed by atoms with van der Waals surface area (Å²) in [4.78, 5) is 2.60. The lowest BCUT2D eigenvalue weighted by Crippen LogP contribution is -2.16. The molecule has 0 aliphatic rings. The zero-order valence-corrected chi connectivity index (χ0v) is 18.5. The molecule has 10 heteroatoms. The molecule has 5 aromatic rings. The minimum atomic E-state index is -4.14. The van der Waals surface area contributed by atoms with Crippen LogP contribution in [0.4, 0.5) is 5.69 Å². The van der Waals surface area contributed by atoms with E-state index in [4.69, 9.17) is 0 Å². The Morgan fingerprint density at radius 2 is 1.59 bits per heavy atom. The van der Waals surface area contributed by atoms with E-state index in [-0.39, 0.29) is 9.79 Å². The van der Waals surface area contributed by atoms with E-state index in [1.165, 1.54) is 24.3 Å². The molecule has 162 valence electrons. The number of anilines is 1. The number of aromatic amines is 2. The zero-order chi connectivity index (χ0) is 22.5. The average Bonchev–Trinajstić information content (AvgIpc) is 3.39. The number of hydrogen-bond acceptors (Lipinski definition) is 5. The van der Waals surface area contributed by atoms with Gasteiger partial charge in [0.15, 0.2) is 9.84 Å². The van der Waals surface area contributed by atoms with E-state index in [2.05, 4.69) is 19.9 Å². The Morgan fingerprint density at radius 3 is 2.38 bits per heavy atom. The van der Waals surface area contributed by atoms with Crippen LogP contribution in [-0.2, 0) is 19.9 Å². The minimum Gasteiger partial charge on any atom is -0.361 e. The van der Waals surface area contributed by atoms with E-state index in [0.29, 0.717) is 11.4 Å². The zero-order valence-electron chi connectivity index (χ0n) is 16.8. The lowest BCUT2D eigenvalue weighted by atomic mass is 10.1. The largest absolute Gasteiger partial charge is 0.361 e. The lowest BCUT2D eigenvalue weighted by Gasteiger charge is -2.11. The summed E-state index contributed by atoms with van der Waals surface area (Å²) in [5.41, 5.74) is 3.61. The van der Waals surface area contributed by atoms with Crippen molar-refractivity contribution in [3.8, 4) is 11.3 Å². The molecule has 0 saturated heterocycles. The van der Waals surface area contributed by atoms with Gasteiger partial charge >= 0.3 is 0 Å². The second-order valence-corrected chi connectivity index (χ2v) is 11.1. The van der Waals surface area contributed by atoms with Gasteiger partial charge in [0.1, 0.15) is 4.90 Å². The van der Waals surface area contributed by atoms with E-state index >= 15 is 0 Å². The van der Waals surface area contributed by atoms with E-state index in [9.17, 15) is 16.8 Å². The predicted molar refractivity (Wildman–Crippen MR) is 124 cm³/mol. The van der Waals surface area contributed by atoms with Crippen molar-refractivity contribution in [2.24, 2.45) is 0 Å². The second-order valence-electron chi connectivity index (χ2n) is 7.44. The molecule has 2 heterocycles. The number of fused-ring (bicyclic) bond motifs is 2. The molecule has 3 aromatic carbocycles. The van der Waals surface area contributed by atoms with Crippen LogP contribution in [-0.4, -0.2) is 38.3 Å². The number of rotatable bonds is 5. The molecule has 0 aliphatic heterocycles. The maximum Gasteiger partial charge on any atom is 0.263 e. The highest BCUT2D eigenvalue weighted by atomic mass is 32.2. The first-order valence-corrected chi connectivity index (χ1v) is 13.0. The Balaban J connectivity index is 1.57. The summed E-state index contributed by atoms with van der Waals surface area (Å²) in [6.07, 6.45) is 2.84. The lowest BCUT2D eigenvalue weighted by molar-refractivity contribution is 0.588. The Kier molecular flexibility index (Phi) is 4.57. The molecule has 0 amide bonds. The van der Waals surface area contributed by atoms with Gasteiger partial charge in [0.25, 0.3) is 10.0 Å².